The first kappa shape index (κ1) is 23.3. The van der Waals surface area contributed by atoms with Crippen molar-refractivity contribution in [2.24, 2.45) is 0 Å². The van der Waals surface area contributed by atoms with Crippen LogP contribution in [0.2, 0.25) is 5.02 Å². The predicted molar refractivity (Wildman–Crippen MR) is 129 cm³/mol. The maximum atomic E-state index is 13.1. The summed E-state index contributed by atoms with van der Waals surface area (Å²) in [5.74, 6) is -0.772. The van der Waals surface area contributed by atoms with Crippen LogP contribution in [0.15, 0.2) is 60.2 Å². The van der Waals surface area contributed by atoms with Gasteiger partial charge in [-0.1, -0.05) is 41.9 Å². The van der Waals surface area contributed by atoms with Crippen molar-refractivity contribution in [2.45, 2.75) is 18.9 Å². The molecule has 0 fully saturated rings. The number of rotatable bonds is 9. The molecule has 4 rings (SSSR count). The van der Waals surface area contributed by atoms with E-state index in [-0.39, 0.29) is 16.7 Å². The van der Waals surface area contributed by atoms with Gasteiger partial charge in [0.15, 0.2) is 5.13 Å². The third-order valence-electron chi connectivity index (χ3n) is 4.99. The molecule has 174 valence electrons. The van der Waals surface area contributed by atoms with Crippen LogP contribution in [0.5, 0.6) is 0 Å². The average molecular weight is 497 g/mol. The molecule has 2 heterocycles. The summed E-state index contributed by atoms with van der Waals surface area (Å²) in [4.78, 5) is 29.7. The van der Waals surface area contributed by atoms with Gasteiger partial charge >= 0.3 is 0 Å². The number of nitrogens with one attached hydrogen (secondary N) is 2. The molecular formula is C22H21ClN8O2S. The fourth-order valence-electron chi connectivity index (χ4n) is 3.38. The van der Waals surface area contributed by atoms with Crippen LogP contribution in [0.3, 0.4) is 0 Å². The standard InChI is InChI=1S/C22H21ClN8O2S/c23-16-6-7-19(31-13-26-29-30-31)15(11-16)8-9-25-20(32)17(10-14-4-2-1-3-5-14)27-21(33)18-12-34-22(24)28-18/h1-7,11-13,17H,8-10H2,(H2,24,28)(H,25,32)(H,27,33)/t17-/m0/s1. The zero-order valence-corrected chi connectivity index (χ0v) is 19.5. The first-order valence-corrected chi connectivity index (χ1v) is 11.6. The van der Waals surface area contributed by atoms with Crippen molar-refractivity contribution >= 4 is 39.9 Å². The van der Waals surface area contributed by atoms with E-state index in [2.05, 4.69) is 31.1 Å². The number of nitrogens with two attached hydrogens (primary N) is 1. The summed E-state index contributed by atoms with van der Waals surface area (Å²) in [5.41, 5.74) is 8.35. The summed E-state index contributed by atoms with van der Waals surface area (Å²) >= 11 is 7.33. The van der Waals surface area contributed by atoms with Gasteiger partial charge in [-0.05, 0) is 46.2 Å². The smallest absolute Gasteiger partial charge is 0.271 e. The minimum absolute atomic E-state index is 0.179. The second-order valence-electron chi connectivity index (χ2n) is 7.36. The molecule has 4 aromatic rings. The summed E-state index contributed by atoms with van der Waals surface area (Å²) in [6.07, 6.45) is 2.29. The molecule has 34 heavy (non-hydrogen) atoms. The molecule has 0 saturated carbocycles. The molecule has 2 aromatic carbocycles. The van der Waals surface area contributed by atoms with E-state index in [0.717, 1.165) is 28.2 Å². The lowest BCUT2D eigenvalue weighted by molar-refractivity contribution is -0.122. The Morgan fingerprint density at radius 2 is 2.00 bits per heavy atom. The maximum Gasteiger partial charge on any atom is 0.271 e. The number of amides is 2. The Morgan fingerprint density at radius 1 is 1.18 bits per heavy atom. The van der Waals surface area contributed by atoms with E-state index in [0.29, 0.717) is 24.4 Å². The SMILES string of the molecule is Nc1nc(C(=O)N[C@@H](Cc2ccccc2)C(=O)NCCc2cc(Cl)ccc2-n2cnnn2)cs1. The lowest BCUT2D eigenvalue weighted by atomic mass is 10.0. The first-order chi connectivity index (χ1) is 16.5. The monoisotopic (exact) mass is 496 g/mol. The fraction of sp³-hybridized carbons (Fsp3) is 0.182. The molecule has 12 heteroatoms. The van der Waals surface area contributed by atoms with Crippen molar-refractivity contribution < 1.29 is 9.59 Å². The number of benzene rings is 2. The van der Waals surface area contributed by atoms with Crippen LogP contribution >= 0.6 is 22.9 Å². The molecule has 0 bridgehead atoms. The fourth-order valence-corrected chi connectivity index (χ4v) is 4.11. The number of thiazole rings is 1. The second-order valence-corrected chi connectivity index (χ2v) is 8.68. The Labute approximate surface area is 204 Å². The molecule has 2 amide bonds. The molecule has 0 aliphatic heterocycles. The third-order valence-corrected chi connectivity index (χ3v) is 5.90. The van der Waals surface area contributed by atoms with Crippen LogP contribution < -0.4 is 16.4 Å². The normalized spacial score (nSPS) is 11.7. The molecular weight excluding hydrogens is 476 g/mol. The number of hydrogen-bond acceptors (Lipinski definition) is 8. The topological polar surface area (TPSA) is 141 Å². The lowest BCUT2D eigenvalue weighted by Gasteiger charge is -2.18. The van der Waals surface area contributed by atoms with Crippen LogP contribution in [0.25, 0.3) is 5.69 Å². The molecule has 0 radical (unpaired) electrons. The Morgan fingerprint density at radius 3 is 2.71 bits per heavy atom. The van der Waals surface area contributed by atoms with Crippen molar-refractivity contribution in [3.8, 4) is 5.69 Å². The summed E-state index contributed by atoms with van der Waals surface area (Å²) in [6.45, 7) is 0.319. The summed E-state index contributed by atoms with van der Waals surface area (Å²) < 4.78 is 1.53. The maximum absolute atomic E-state index is 13.1. The zero-order valence-electron chi connectivity index (χ0n) is 17.9. The van der Waals surface area contributed by atoms with Gasteiger partial charge in [0.25, 0.3) is 5.91 Å². The Balaban J connectivity index is 1.44. The summed E-state index contributed by atoms with van der Waals surface area (Å²) in [5, 5.41) is 19.3. The molecule has 4 N–H and O–H groups in total. The lowest BCUT2D eigenvalue weighted by Crippen LogP contribution is -2.48. The van der Waals surface area contributed by atoms with Gasteiger partial charge in [0.2, 0.25) is 5.91 Å². The minimum Gasteiger partial charge on any atom is -0.375 e. The number of aromatic nitrogens is 5. The molecule has 0 saturated heterocycles. The highest BCUT2D eigenvalue weighted by atomic mass is 35.5. The van der Waals surface area contributed by atoms with E-state index in [9.17, 15) is 9.59 Å². The van der Waals surface area contributed by atoms with Gasteiger partial charge in [0.05, 0.1) is 5.69 Å². The second kappa shape index (κ2) is 10.9. The van der Waals surface area contributed by atoms with E-state index < -0.39 is 11.9 Å². The van der Waals surface area contributed by atoms with Crippen LogP contribution in [0, 0.1) is 0 Å². The molecule has 1 atom stereocenters. The van der Waals surface area contributed by atoms with Crippen molar-refractivity contribution in [1.29, 1.82) is 0 Å². The van der Waals surface area contributed by atoms with Crippen LogP contribution in [0.1, 0.15) is 21.6 Å². The summed E-state index contributed by atoms with van der Waals surface area (Å²) in [7, 11) is 0. The van der Waals surface area contributed by atoms with Crippen molar-refractivity contribution in [1.82, 2.24) is 35.8 Å². The van der Waals surface area contributed by atoms with Crippen molar-refractivity contribution in [2.75, 3.05) is 12.3 Å². The molecule has 2 aromatic heterocycles. The van der Waals surface area contributed by atoms with Crippen LogP contribution in [-0.2, 0) is 17.6 Å². The van der Waals surface area contributed by atoms with Crippen LogP contribution in [-0.4, -0.2) is 49.6 Å². The number of carbonyl (C=O) groups is 2. The zero-order chi connectivity index (χ0) is 23.9. The minimum atomic E-state index is -0.795. The van der Waals surface area contributed by atoms with Gasteiger partial charge in [-0.15, -0.1) is 16.4 Å². The van der Waals surface area contributed by atoms with Crippen LogP contribution in [0.4, 0.5) is 5.13 Å². The molecule has 0 unspecified atom stereocenters. The quantitative estimate of drug-likeness (QED) is 0.322. The number of halogens is 1. The predicted octanol–water partition coefficient (Wildman–Crippen LogP) is 2.05. The van der Waals surface area contributed by atoms with E-state index >= 15 is 0 Å². The number of carbonyl (C=O) groups excluding carboxylic acids is 2. The van der Waals surface area contributed by atoms with Gasteiger partial charge in [0.1, 0.15) is 18.1 Å². The van der Waals surface area contributed by atoms with Gasteiger partial charge in [-0.25, -0.2) is 9.67 Å². The van der Waals surface area contributed by atoms with Gasteiger partial charge in [0, 0.05) is 23.4 Å². The van der Waals surface area contributed by atoms with E-state index in [4.69, 9.17) is 17.3 Å². The highest BCUT2D eigenvalue weighted by molar-refractivity contribution is 7.13. The highest BCUT2D eigenvalue weighted by Gasteiger charge is 2.23. The third kappa shape index (κ3) is 5.94. The van der Waals surface area contributed by atoms with Gasteiger partial charge in [-0.3, -0.25) is 9.59 Å². The Hall–Kier alpha value is -3.83. The average Bonchev–Trinajstić information content (AvgIpc) is 3.51. The van der Waals surface area contributed by atoms with E-state index in [1.807, 2.05) is 36.4 Å². The molecule has 0 aliphatic rings. The first-order valence-electron chi connectivity index (χ1n) is 10.3. The largest absolute Gasteiger partial charge is 0.375 e. The van der Waals surface area contributed by atoms with Gasteiger partial charge in [-0.2, -0.15) is 0 Å². The highest BCUT2D eigenvalue weighted by Crippen LogP contribution is 2.19. The van der Waals surface area contributed by atoms with E-state index in [1.165, 1.54) is 11.0 Å². The van der Waals surface area contributed by atoms with Gasteiger partial charge < -0.3 is 16.4 Å². The number of nitrogens with zero attached hydrogens (tertiary/aromatic N) is 5. The number of hydrogen-bond donors (Lipinski definition) is 3. The summed E-state index contributed by atoms with van der Waals surface area (Å²) in [6, 6.07) is 14.0. The Bertz CT molecular complexity index is 1260. The van der Waals surface area contributed by atoms with Crippen molar-refractivity contribution in [3.63, 3.8) is 0 Å². The number of tetrazole rings is 1. The molecule has 0 aliphatic carbocycles. The van der Waals surface area contributed by atoms with E-state index in [1.54, 1.807) is 17.5 Å². The molecule has 10 nitrogen and oxygen atoms in total. The molecule has 0 spiro atoms. The number of anilines is 1. The van der Waals surface area contributed by atoms with Crippen molar-refractivity contribution in [3.05, 3.63) is 82.1 Å². The Kier molecular flexibility index (Phi) is 7.45. The number of nitrogen functional groups attached to an aromatic ring is 1.